The van der Waals surface area contributed by atoms with Gasteiger partial charge in [-0.15, -0.1) is 0 Å². The Morgan fingerprint density at radius 2 is 1.79 bits per heavy atom. The van der Waals surface area contributed by atoms with Gasteiger partial charge in [0.2, 0.25) is 0 Å². The van der Waals surface area contributed by atoms with Crippen LogP contribution in [-0.2, 0) is 4.74 Å². The molecule has 1 aliphatic carbocycles. The van der Waals surface area contributed by atoms with Crippen LogP contribution < -0.4 is 5.32 Å². The molecule has 2 heteroatoms. The summed E-state index contributed by atoms with van der Waals surface area (Å²) in [6.45, 7) is 14.0. The SMILES string of the molecule is C=C(CC)CC(NC)C1(OCC)CCC(C)(C)CC1. The Morgan fingerprint density at radius 3 is 2.21 bits per heavy atom. The summed E-state index contributed by atoms with van der Waals surface area (Å²) >= 11 is 0. The molecule has 0 aromatic heterocycles. The van der Waals surface area contributed by atoms with E-state index in [0.717, 1.165) is 32.3 Å². The van der Waals surface area contributed by atoms with E-state index in [1.807, 2.05) is 0 Å². The summed E-state index contributed by atoms with van der Waals surface area (Å²) in [6.07, 6.45) is 6.93. The minimum Gasteiger partial charge on any atom is -0.374 e. The average Bonchev–Trinajstić information content (AvgIpc) is 2.39. The molecule has 0 bridgehead atoms. The highest BCUT2D eigenvalue weighted by molar-refractivity contribution is 5.05. The van der Waals surface area contributed by atoms with Crippen LogP contribution in [0.25, 0.3) is 0 Å². The van der Waals surface area contributed by atoms with Crippen LogP contribution in [0.3, 0.4) is 0 Å². The second-order valence-electron chi connectivity index (χ2n) is 6.81. The summed E-state index contributed by atoms with van der Waals surface area (Å²) in [5, 5.41) is 3.50. The lowest BCUT2D eigenvalue weighted by atomic mass is 9.67. The Bertz CT molecular complexity index is 286. The van der Waals surface area contributed by atoms with Crippen LogP contribution in [0.4, 0.5) is 0 Å². The monoisotopic (exact) mass is 267 g/mol. The molecule has 0 aromatic rings. The molecule has 0 aliphatic heterocycles. The Morgan fingerprint density at radius 1 is 1.21 bits per heavy atom. The van der Waals surface area contributed by atoms with Crippen molar-refractivity contribution in [2.75, 3.05) is 13.7 Å². The van der Waals surface area contributed by atoms with E-state index in [1.165, 1.54) is 18.4 Å². The zero-order chi connectivity index (χ0) is 14.5. The normalized spacial score (nSPS) is 23.0. The van der Waals surface area contributed by atoms with Crippen LogP contribution in [0, 0.1) is 5.41 Å². The van der Waals surface area contributed by atoms with Crippen LogP contribution in [0.5, 0.6) is 0 Å². The topological polar surface area (TPSA) is 21.3 Å². The number of nitrogens with one attached hydrogen (secondary N) is 1. The molecule has 0 spiro atoms. The largest absolute Gasteiger partial charge is 0.374 e. The lowest BCUT2D eigenvalue weighted by molar-refractivity contribution is -0.105. The van der Waals surface area contributed by atoms with Crippen molar-refractivity contribution in [3.05, 3.63) is 12.2 Å². The Balaban J connectivity index is 2.82. The number of ether oxygens (including phenoxy) is 1. The molecular formula is C17H33NO. The summed E-state index contributed by atoms with van der Waals surface area (Å²) in [4.78, 5) is 0. The van der Waals surface area contributed by atoms with Gasteiger partial charge in [0.15, 0.2) is 0 Å². The van der Waals surface area contributed by atoms with Crippen molar-refractivity contribution in [1.29, 1.82) is 0 Å². The molecule has 0 radical (unpaired) electrons. The lowest BCUT2D eigenvalue weighted by Gasteiger charge is -2.47. The van der Waals surface area contributed by atoms with E-state index in [2.05, 4.69) is 46.6 Å². The summed E-state index contributed by atoms with van der Waals surface area (Å²) in [6, 6.07) is 0.399. The number of hydrogen-bond donors (Lipinski definition) is 1. The molecular weight excluding hydrogens is 234 g/mol. The van der Waals surface area contributed by atoms with Crippen molar-refractivity contribution in [3.8, 4) is 0 Å². The van der Waals surface area contributed by atoms with Gasteiger partial charge >= 0.3 is 0 Å². The van der Waals surface area contributed by atoms with Crippen molar-refractivity contribution in [3.63, 3.8) is 0 Å². The third-order valence-corrected chi connectivity index (χ3v) is 4.86. The summed E-state index contributed by atoms with van der Waals surface area (Å²) < 4.78 is 6.26. The van der Waals surface area contributed by atoms with Gasteiger partial charge in [-0.2, -0.15) is 0 Å². The van der Waals surface area contributed by atoms with Crippen LogP contribution >= 0.6 is 0 Å². The van der Waals surface area contributed by atoms with Gasteiger partial charge in [0, 0.05) is 12.6 Å². The molecule has 1 fully saturated rings. The zero-order valence-corrected chi connectivity index (χ0v) is 13.6. The Labute approximate surface area is 120 Å². The maximum atomic E-state index is 6.26. The fraction of sp³-hybridized carbons (Fsp3) is 0.882. The van der Waals surface area contributed by atoms with Crippen LogP contribution in [0.1, 0.15) is 66.2 Å². The molecule has 1 aliphatic rings. The van der Waals surface area contributed by atoms with Gasteiger partial charge in [-0.3, -0.25) is 0 Å². The minimum absolute atomic E-state index is 0.0110. The predicted molar refractivity (Wildman–Crippen MR) is 83.5 cm³/mol. The van der Waals surface area contributed by atoms with E-state index in [0.29, 0.717) is 11.5 Å². The maximum Gasteiger partial charge on any atom is 0.0838 e. The van der Waals surface area contributed by atoms with Crippen molar-refractivity contribution < 1.29 is 4.74 Å². The average molecular weight is 267 g/mol. The molecule has 1 unspecified atom stereocenters. The first-order chi connectivity index (χ1) is 8.89. The van der Waals surface area contributed by atoms with Gasteiger partial charge in [-0.1, -0.05) is 32.9 Å². The summed E-state index contributed by atoms with van der Waals surface area (Å²) in [5.74, 6) is 0. The van der Waals surface area contributed by atoms with Crippen LogP contribution in [0.15, 0.2) is 12.2 Å². The number of rotatable bonds is 7. The zero-order valence-electron chi connectivity index (χ0n) is 13.6. The molecule has 0 heterocycles. The van der Waals surface area contributed by atoms with E-state index in [-0.39, 0.29) is 5.60 Å². The molecule has 0 amide bonds. The van der Waals surface area contributed by atoms with E-state index < -0.39 is 0 Å². The maximum absolute atomic E-state index is 6.26. The molecule has 2 nitrogen and oxygen atoms in total. The second-order valence-corrected chi connectivity index (χ2v) is 6.81. The van der Waals surface area contributed by atoms with Crippen LogP contribution in [0.2, 0.25) is 0 Å². The molecule has 1 saturated carbocycles. The minimum atomic E-state index is 0.0110. The fourth-order valence-corrected chi connectivity index (χ4v) is 3.21. The van der Waals surface area contributed by atoms with Crippen molar-refractivity contribution >= 4 is 0 Å². The second kappa shape index (κ2) is 6.90. The van der Waals surface area contributed by atoms with Gasteiger partial charge in [0.05, 0.1) is 5.60 Å². The fourth-order valence-electron chi connectivity index (χ4n) is 3.21. The smallest absolute Gasteiger partial charge is 0.0838 e. The first-order valence-electron chi connectivity index (χ1n) is 7.87. The third kappa shape index (κ3) is 4.32. The highest BCUT2D eigenvalue weighted by atomic mass is 16.5. The van der Waals surface area contributed by atoms with Gasteiger partial charge in [-0.25, -0.2) is 0 Å². The molecule has 19 heavy (non-hydrogen) atoms. The molecule has 112 valence electrons. The summed E-state index contributed by atoms with van der Waals surface area (Å²) in [5.41, 5.74) is 1.81. The van der Waals surface area contributed by atoms with Gasteiger partial charge in [-0.05, 0) is 57.9 Å². The van der Waals surface area contributed by atoms with E-state index in [1.54, 1.807) is 0 Å². The van der Waals surface area contributed by atoms with Gasteiger partial charge in [0.25, 0.3) is 0 Å². The van der Waals surface area contributed by atoms with Crippen LogP contribution in [-0.4, -0.2) is 25.3 Å². The van der Waals surface area contributed by atoms with Crippen molar-refractivity contribution in [2.45, 2.75) is 77.9 Å². The molecule has 0 aromatic carbocycles. The molecule has 1 rings (SSSR count). The van der Waals surface area contributed by atoms with Gasteiger partial charge < -0.3 is 10.1 Å². The van der Waals surface area contributed by atoms with E-state index in [4.69, 9.17) is 4.74 Å². The third-order valence-electron chi connectivity index (χ3n) is 4.86. The number of likely N-dealkylation sites (N-methyl/N-ethyl adjacent to an activating group) is 1. The Hall–Kier alpha value is -0.340. The van der Waals surface area contributed by atoms with E-state index in [9.17, 15) is 0 Å². The quantitative estimate of drug-likeness (QED) is 0.694. The highest BCUT2D eigenvalue weighted by Gasteiger charge is 2.44. The predicted octanol–water partition coefficient (Wildman–Crippen LogP) is 4.31. The van der Waals surface area contributed by atoms with Crippen molar-refractivity contribution in [2.24, 2.45) is 5.41 Å². The standard InChI is InChI=1S/C17H33NO/c1-7-14(3)13-15(18-6)17(19-8-2)11-9-16(4,5)10-12-17/h15,18H,3,7-13H2,1-2,4-6H3. The van der Waals surface area contributed by atoms with Gasteiger partial charge in [0.1, 0.15) is 0 Å². The Kier molecular flexibility index (Phi) is 6.07. The van der Waals surface area contributed by atoms with Crippen molar-refractivity contribution in [1.82, 2.24) is 5.32 Å². The first-order valence-corrected chi connectivity index (χ1v) is 7.87. The molecule has 0 saturated heterocycles. The number of hydrogen-bond acceptors (Lipinski definition) is 2. The highest BCUT2D eigenvalue weighted by Crippen LogP contribution is 2.44. The lowest BCUT2D eigenvalue weighted by Crippen LogP contribution is -2.54. The first kappa shape index (κ1) is 16.7. The molecule has 1 N–H and O–H groups in total. The van der Waals surface area contributed by atoms with E-state index >= 15 is 0 Å². The molecule has 1 atom stereocenters. The summed E-state index contributed by atoms with van der Waals surface area (Å²) in [7, 11) is 2.06.